The number of hydrogen-bond acceptors (Lipinski definition) is 1. The molecular weight excluding hydrogens is 330 g/mol. The average Bonchev–Trinajstić information content (AvgIpc) is 3.23. The van der Waals surface area contributed by atoms with Crippen LogP contribution >= 0.6 is 0 Å². The summed E-state index contributed by atoms with van der Waals surface area (Å²) in [6.07, 6.45) is 0. The van der Waals surface area contributed by atoms with Crippen molar-refractivity contribution < 1.29 is 4.42 Å². The van der Waals surface area contributed by atoms with Gasteiger partial charge in [0.2, 0.25) is 0 Å². The number of hydrogen-bond donors (Lipinski definition) is 0. The molecule has 0 saturated heterocycles. The van der Waals surface area contributed by atoms with Crippen molar-refractivity contribution in [2.45, 2.75) is 6.92 Å². The summed E-state index contributed by atoms with van der Waals surface area (Å²) in [5.74, 6) is 0. The predicted molar refractivity (Wildman–Crippen MR) is 113 cm³/mol. The first-order chi connectivity index (χ1) is 13.3. The lowest BCUT2D eigenvalue weighted by atomic mass is 10.1. The molecule has 2 heterocycles. The first-order valence-electron chi connectivity index (χ1n) is 9.21. The Morgan fingerprint density at radius 2 is 1.19 bits per heavy atom. The Hall–Kier alpha value is -3.52. The summed E-state index contributed by atoms with van der Waals surface area (Å²) in [5, 5.41) is 4.89. The van der Waals surface area contributed by atoms with Crippen LogP contribution < -0.4 is 0 Å². The first kappa shape index (κ1) is 14.6. The molecule has 27 heavy (non-hydrogen) atoms. The highest BCUT2D eigenvalue weighted by Gasteiger charge is 2.13. The van der Waals surface area contributed by atoms with Gasteiger partial charge in [0.1, 0.15) is 11.2 Å². The van der Waals surface area contributed by atoms with E-state index in [1.807, 2.05) is 0 Å². The number of fused-ring (bicyclic) bond motifs is 6. The Bertz CT molecular complexity index is 1430. The third-order valence-corrected chi connectivity index (χ3v) is 5.45. The van der Waals surface area contributed by atoms with Gasteiger partial charge in [-0.3, -0.25) is 0 Å². The van der Waals surface area contributed by atoms with Gasteiger partial charge in [0.25, 0.3) is 0 Å². The van der Waals surface area contributed by atoms with Crippen molar-refractivity contribution in [3.63, 3.8) is 0 Å². The van der Waals surface area contributed by atoms with Gasteiger partial charge in [-0.1, -0.05) is 48.0 Å². The highest BCUT2D eigenvalue weighted by molar-refractivity contribution is 6.10. The minimum absolute atomic E-state index is 0.931. The molecule has 0 bridgehead atoms. The summed E-state index contributed by atoms with van der Waals surface area (Å²) in [6, 6.07) is 30.0. The summed E-state index contributed by atoms with van der Waals surface area (Å²) in [5.41, 5.74) is 6.72. The Morgan fingerprint density at radius 1 is 0.593 bits per heavy atom. The number of aryl methyl sites for hydroxylation is 1. The minimum atomic E-state index is 0.931. The molecule has 0 aliphatic rings. The van der Waals surface area contributed by atoms with Crippen LogP contribution in [0.2, 0.25) is 0 Å². The molecule has 0 fully saturated rings. The predicted octanol–water partition coefficient (Wildman–Crippen LogP) is 6.99. The van der Waals surface area contributed by atoms with E-state index in [1.165, 1.54) is 32.8 Å². The average molecular weight is 347 g/mol. The normalized spacial score (nSPS) is 11.9. The molecule has 2 aromatic heterocycles. The van der Waals surface area contributed by atoms with Gasteiger partial charge >= 0.3 is 0 Å². The minimum Gasteiger partial charge on any atom is -0.456 e. The van der Waals surface area contributed by atoms with E-state index < -0.39 is 0 Å². The number of nitrogens with zero attached hydrogens (tertiary/aromatic N) is 1. The van der Waals surface area contributed by atoms with E-state index in [0.29, 0.717) is 0 Å². The van der Waals surface area contributed by atoms with Gasteiger partial charge in [0, 0.05) is 27.2 Å². The van der Waals surface area contributed by atoms with Crippen molar-refractivity contribution in [2.75, 3.05) is 0 Å². The zero-order valence-electron chi connectivity index (χ0n) is 14.9. The maximum absolute atomic E-state index is 6.05. The molecule has 0 spiro atoms. The molecule has 0 N–H and O–H groups in total. The number of aromatic nitrogens is 1. The Labute approximate surface area is 156 Å². The van der Waals surface area contributed by atoms with Gasteiger partial charge in [-0.25, -0.2) is 0 Å². The van der Waals surface area contributed by atoms with Crippen LogP contribution in [-0.2, 0) is 0 Å². The molecule has 0 saturated carbocycles. The van der Waals surface area contributed by atoms with Crippen molar-refractivity contribution in [1.82, 2.24) is 4.57 Å². The molecule has 128 valence electrons. The van der Waals surface area contributed by atoms with Crippen molar-refractivity contribution in [3.8, 4) is 5.69 Å². The lowest BCUT2D eigenvalue weighted by Gasteiger charge is -2.08. The molecule has 2 heteroatoms. The molecule has 0 aliphatic heterocycles. The fourth-order valence-corrected chi connectivity index (χ4v) is 4.22. The molecule has 6 aromatic rings. The van der Waals surface area contributed by atoms with Crippen LogP contribution in [0.5, 0.6) is 0 Å². The van der Waals surface area contributed by atoms with Crippen molar-refractivity contribution >= 4 is 43.7 Å². The third-order valence-electron chi connectivity index (χ3n) is 5.45. The molecular formula is C25H17NO. The summed E-state index contributed by atoms with van der Waals surface area (Å²) in [7, 11) is 0. The second-order valence-corrected chi connectivity index (χ2v) is 7.15. The van der Waals surface area contributed by atoms with E-state index in [4.69, 9.17) is 4.42 Å². The van der Waals surface area contributed by atoms with Gasteiger partial charge in [0.15, 0.2) is 0 Å². The summed E-state index contributed by atoms with van der Waals surface area (Å²) in [6.45, 7) is 2.12. The number of benzene rings is 4. The molecule has 0 amide bonds. The molecule has 0 unspecified atom stereocenters. The molecule has 0 atom stereocenters. The van der Waals surface area contributed by atoms with Crippen molar-refractivity contribution in [2.24, 2.45) is 0 Å². The smallest absolute Gasteiger partial charge is 0.135 e. The van der Waals surface area contributed by atoms with Crippen LogP contribution in [0.1, 0.15) is 5.56 Å². The molecule has 0 radical (unpaired) electrons. The van der Waals surface area contributed by atoms with Crippen molar-refractivity contribution in [1.29, 1.82) is 0 Å². The van der Waals surface area contributed by atoms with Crippen LogP contribution in [0, 0.1) is 6.92 Å². The summed E-state index contributed by atoms with van der Waals surface area (Å²) < 4.78 is 8.39. The fourth-order valence-electron chi connectivity index (χ4n) is 4.22. The lowest BCUT2D eigenvalue weighted by Crippen LogP contribution is -1.93. The monoisotopic (exact) mass is 347 g/mol. The second-order valence-electron chi connectivity index (χ2n) is 7.15. The maximum atomic E-state index is 6.05. The van der Waals surface area contributed by atoms with Gasteiger partial charge in [-0.05, 0) is 49.4 Å². The largest absolute Gasteiger partial charge is 0.456 e. The fraction of sp³-hybridized carbons (Fsp3) is 0.0400. The van der Waals surface area contributed by atoms with Crippen molar-refractivity contribution in [3.05, 3.63) is 90.5 Å². The zero-order chi connectivity index (χ0) is 18.0. The van der Waals surface area contributed by atoms with E-state index >= 15 is 0 Å². The van der Waals surface area contributed by atoms with Crippen LogP contribution in [-0.4, -0.2) is 4.57 Å². The Morgan fingerprint density at radius 3 is 1.89 bits per heavy atom. The summed E-state index contributed by atoms with van der Waals surface area (Å²) in [4.78, 5) is 0. The first-order valence-corrected chi connectivity index (χ1v) is 9.21. The number of furan rings is 1. The van der Waals surface area contributed by atoms with Gasteiger partial charge in [-0.2, -0.15) is 0 Å². The van der Waals surface area contributed by atoms with E-state index in [2.05, 4.69) is 96.4 Å². The Balaban J connectivity index is 1.74. The molecule has 6 rings (SSSR count). The van der Waals surface area contributed by atoms with Gasteiger partial charge in [-0.15, -0.1) is 0 Å². The second kappa shape index (κ2) is 5.24. The van der Waals surface area contributed by atoms with E-state index in [1.54, 1.807) is 0 Å². The topological polar surface area (TPSA) is 18.1 Å². The SMILES string of the molecule is Cc1ccc2oc3ccc(-n4c5ccccc5c5ccccc54)cc3c2c1. The molecule has 4 aromatic carbocycles. The van der Waals surface area contributed by atoms with Crippen LogP contribution in [0.25, 0.3) is 49.4 Å². The van der Waals surface area contributed by atoms with E-state index in [-0.39, 0.29) is 0 Å². The van der Waals surface area contributed by atoms with Crippen LogP contribution in [0.15, 0.2) is 89.3 Å². The quantitative estimate of drug-likeness (QED) is 0.313. The number of rotatable bonds is 1. The van der Waals surface area contributed by atoms with Crippen LogP contribution in [0.4, 0.5) is 0 Å². The molecule has 0 aliphatic carbocycles. The number of para-hydroxylation sites is 2. The lowest BCUT2D eigenvalue weighted by molar-refractivity contribution is 0.669. The molecule has 2 nitrogen and oxygen atoms in total. The summed E-state index contributed by atoms with van der Waals surface area (Å²) >= 11 is 0. The zero-order valence-corrected chi connectivity index (χ0v) is 14.9. The van der Waals surface area contributed by atoms with Gasteiger partial charge < -0.3 is 8.98 Å². The van der Waals surface area contributed by atoms with E-state index in [0.717, 1.165) is 22.2 Å². The van der Waals surface area contributed by atoms with E-state index in [9.17, 15) is 0 Å². The van der Waals surface area contributed by atoms with Crippen LogP contribution in [0.3, 0.4) is 0 Å². The maximum Gasteiger partial charge on any atom is 0.135 e. The van der Waals surface area contributed by atoms with Gasteiger partial charge in [0.05, 0.1) is 11.0 Å². The highest BCUT2D eigenvalue weighted by Crippen LogP contribution is 2.35. The third kappa shape index (κ3) is 2.01. The Kier molecular flexibility index (Phi) is 2.84. The standard InChI is InChI=1S/C25H17NO/c1-16-10-12-24-20(14-16)21-15-17(11-13-25(21)27-24)26-22-8-4-2-6-18(22)19-7-3-5-9-23(19)26/h2-15H,1H3. The highest BCUT2D eigenvalue weighted by atomic mass is 16.3.